The summed E-state index contributed by atoms with van der Waals surface area (Å²) in [5, 5.41) is 0. The van der Waals surface area contributed by atoms with Crippen molar-refractivity contribution in [1.82, 2.24) is 0 Å². The highest BCUT2D eigenvalue weighted by Gasteiger charge is 2.17. The molecule has 0 fully saturated rings. The second-order valence-electron chi connectivity index (χ2n) is 4.33. The molecule has 0 aliphatic heterocycles. The maximum atomic E-state index is 12.4. The monoisotopic (exact) mass is 277 g/mol. The Morgan fingerprint density at radius 3 is 2.40 bits per heavy atom. The van der Waals surface area contributed by atoms with Crippen LogP contribution in [-0.2, 0) is 0 Å². The summed E-state index contributed by atoms with van der Waals surface area (Å²) in [5.41, 5.74) is 7.32. The van der Waals surface area contributed by atoms with Crippen LogP contribution in [0.5, 0.6) is 5.75 Å². The van der Waals surface area contributed by atoms with Crippen LogP contribution in [0.4, 0.5) is 14.5 Å². The number of benzene rings is 2. The molecule has 0 unspecified atom stereocenters. The van der Waals surface area contributed by atoms with E-state index in [1.165, 1.54) is 18.2 Å². The molecule has 5 heteroatoms. The van der Waals surface area contributed by atoms with Crippen LogP contribution in [0, 0.1) is 6.92 Å². The first-order valence-corrected chi connectivity index (χ1v) is 5.93. The van der Waals surface area contributed by atoms with Crippen LogP contribution in [0.15, 0.2) is 42.5 Å². The molecule has 104 valence electrons. The molecule has 0 aliphatic rings. The van der Waals surface area contributed by atoms with E-state index in [1.807, 2.05) is 6.92 Å². The number of halogens is 2. The summed E-state index contributed by atoms with van der Waals surface area (Å²) in [6, 6.07) is 10.8. The maximum absolute atomic E-state index is 12.4. The van der Waals surface area contributed by atoms with Crippen LogP contribution in [0.2, 0.25) is 0 Å². The summed E-state index contributed by atoms with van der Waals surface area (Å²) in [6.45, 7) is -1.11. The van der Waals surface area contributed by atoms with E-state index < -0.39 is 12.4 Å². The lowest BCUT2D eigenvalue weighted by atomic mass is 10.0. The SMILES string of the molecule is Cc1ccc(C(=O)c2cc(N)ccc2OC(F)F)cc1. The standard InChI is InChI=1S/C15H13F2NO2/c1-9-2-4-10(5-3-9)14(19)12-8-11(18)6-7-13(12)20-15(16)17/h2-8,15H,18H2,1H3. The van der Waals surface area contributed by atoms with Crippen LogP contribution >= 0.6 is 0 Å². The number of alkyl halides is 2. The van der Waals surface area contributed by atoms with E-state index in [2.05, 4.69) is 4.74 Å². The molecule has 0 atom stereocenters. The van der Waals surface area contributed by atoms with Gasteiger partial charge in [0, 0.05) is 11.3 Å². The van der Waals surface area contributed by atoms with Crippen molar-refractivity contribution in [2.75, 3.05) is 5.73 Å². The average molecular weight is 277 g/mol. The molecule has 2 aromatic rings. The van der Waals surface area contributed by atoms with Gasteiger partial charge in [-0.15, -0.1) is 0 Å². The third kappa shape index (κ3) is 3.12. The molecule has 0 saturated heterocycles. The zero-order chi connectivity index (χ0) is 14.7. The Morgan fingerprint density at radius 2 is 1.80 bits per heavy atom. The van der Waals surface area contributed by atoms with Crippen molar-refractivity contribution in [2.24, 2.45) is 0 Å². The first-order valence-electron chi connectivity index (χ1n) is 5.93. The van der Waals surface area contributed by atoms with E-state index >= 15 is 0 Å². The van der Waals surface area contributed by atoms with Crippen LogP contribution in [0.3, 0.4) is 0 Å². The molecule has 2 N–H and O–H groups in total. The molecule has 3 nitrogen and oxygen atoms in total. The predicted octanol–water partition coefficient (Wildman–Crippen LogP) is 3.41. The number of ether oxygens (including phenoxy) is 1. The lowest BCUT2D eigenvalue weighted by Gasteiger charge is -2.11. The van der Waals surface area contributed by atoms with E-state index in [0.717, 1.165) is 5.56 Å². The largest absolute Gasteiger partial charge is 0.434 e. The Balaban J connectivity index is 2.42. The van der Waals surface area contributed by atoms with Gasteiger partial charge in [-0.2, -0.15) is 8.78 Å². The summed E-state index contributed by atoms with van der Waals surface area (Å²) >= 11 is 0. The second kappa shape index (κ2) is 5.69. The fraction of sp³-hybridized carbons (Fsp3) is 0.133. The maximum Gasteiger partial charge on any atom is 0.387 e. The second-order valence-corrected chi connectivity index (χ2v) is 4.33. The van der Waals surface area contributed by atoms with E-state index in [9.17, 15) is 13.6 Å². The molecule has 0 bridgehead atoms. The number of hydrogen-bond donors (Lipinski definition) is 1. The average Bonchev–Trinajstić information content (AvgIpc) is 2.40. The van der Waals surface area contributed by atoms with Crippen molar-refractivity contribution >= 4 is 11.5 Å². The molecule has 0 radical (unpaired) electrons. The summed E-state index contributed by atoms with van der Waals surface area (Å²) in [6.07, 6.45) is 0. The van der Waals surface area contributed by atoms with Crippen molar-refractivity contribution in [3.8, 4) is 5.75 Å². The normalized spacial score (nSPS) is 10.6. The lowest BCUT2D eigenvalue weighted by molar-refractivity contribution is -0.0501. The fourth-order valence-corrected chi connectivity index (χ4v) is 1.78. The van der Waals surface area contributed by atoms with Gasteiger partial charge < -0.3 is 10.5 Å². The van der Waals surface area contributed by atoms with Gasteiger partial charge in [0.1, 0.15) is 5.75 Å². The molecule has 0 aromatic heterocycles. The van der Waals surface area contributed by atoms with E-state index in [4.69, 9.17) is 5.73 Å². The number of carbonyl (C=O) groups is 1. The molecule has 2 rings (SSSR count). The Hall–Kier alpha value is -2.43. The molecular formula is C15H13F2NO2. The summed E-state index contributed by atoms with van der Waals surface area (Å²) < 4.78 is 29.1. The molecule has 2 aromatic carbocycles. The van der Waals surface area contributed by atoms with Gasteiger partial charge in [-0.05, 0) is 25.1 Å². The molecule has 0 spiro atoms. The van der Waals surface area contributed by atoms with Crippen molar-refractivity contribution in [3.05, 3.63) is 59.2 Å². The van der Waals surface area contributed by atoms with E-state index in [-0.39, 0.29) is 11.3 Å². The molecule has 0 aliphatic carbocycles. The number of carbonyl (C=O) groups excluding carboxylic acids is 1. The smallest absolute Gasteiger partial charge is 0.387 e. The highest BCUT2D eigenvalue weighted by molar-refractivity contribution is 6.11. The lowest BCUT2D eigenvalue weighted by Crippen LogP contribution is -2.09. The zero-order valence-corrected chi connectivity index (χ0v) is 10.8. The third-order valence-corrected chi connectivity index (χ3v) is 2.78. The molecule has 0 amide bonds. The Kier molecular flexibility index (Phi) is 3.98. The number of ketones is 1. The van der Waals surface area contributed by atoms with Gasteiger partial charge in [-0.25, -0.2) is 0 Å². The first-order chi connectivity index (χ1) is 9.47. The number of anilines is 1. The topological polar surface area (TPSA) is 52.3 Å². The van der Waals surface area contributed by atoms with Gasteiger partial charge >= 0.3 is 6.61 Å². The van der Waals surface area contributed by atoms with Gasteiger partial charge in [0.25, 0.3) is 0 Å². The minimum atomic E-state index is -3.00. The summed E-state index contributed by atoms with van der Waals surface area (Å²) in [4.78, 5) is 12.3. The fourth-order valence-electron chi connectivity index (χ4n) is 1.78. The Labute approximate surface area is 115 Å². The van der Waals surface area contributed by atoms with Gasteiger partial charge in [0.2, 0.25) is 0 Å². The summed E-state index contributed by atoms with van der Waals surface area (Å²) in [7, 11) is 0. The number of nitrogens with two attached hydrogens (primary N) is 1. The predicted molar refractivity (Wildman–Crippen MR) is 72.1 cm³/mol. The number of hydrogen-bond acceptors (Lipinski definition) is 3. The van der Waals surface area contributed by atoms with Crippen molar-refractivity contribution < 1.29 is 18.3 Å². The Morgan fingerprint density at radius 1 is 1.15 bits per heavy atom. The molecule has 0 saturated carbocycles. The first kappa shape index (κ1) is 14.0. The van der Waals surface area contributed by atoms with Crippen LogP contribution < -0.4 is 10.5 Å². The van der Waals surface area contributed by atoms with Crippen molar-refractivity contribution in [1.29, 1.82) is 0 Å². The van der Waals surface area contributed by atoms with E-state index in [0.29, 0.717) is 11.3 Å². The van der Waals surface area contributed by atoms with Gasteiger partial charge in [0.05, 0.1) is 5.56 Å². The highest BCUT2D eigenvalue weighted by Crippen LogP contribution is 2.26. The molecule has 0 heterocycles. The van der Waals surface area contributed by atoms with Gasteiger partial charge in [-0.3, -0.25) is 4.79 Å². The van der Waals surface area contributed by atoms with Gasteiger partial charge in [-0.1, -0.05) is 29.8 Å². The van der Waals surface area contributed by atoms with E-state index in [1.54, 1.807) is 24.3 Å². The van der Waals surface area contributed by atoms with Crippen molar-refractivity contribution in [3.63, 3.8) is 0 Å². The molecular weight excluding hydrogens is 264 g/mol. The van der Waals surface area contributed by atoms with Crippen LogP contribution in [-0.4, -0.2) is 12.4 Å². The highest BCUT2D eigenvalue weighted by atomic mass is 19.3. The van der Waals surface area contributed by atoms with Crippen molar-refractivity contribution in [2.45, 2.75) is 13.5 Å². The van der Waals surface area contributed by atoms with Gasteiger partial charge in [0.15, 0.2) is 5.78 Å². The number of nitrogen functional groups attached to an aromatic ring is 1. The minimum Gasteiger partial charge on any atom is -0.434 e. The zero-order valence-electron chi connectivity index (χ0n) is 10.8. The number of rotatable bonds is 4. The number of aryl methyl sites for hydroxylation is 1. The summed E-state index contributed by atoms with van der Waals surface area (Å²) in [5.74, 6) is -0.590. The third-order valence-electron chi connectivity index (χ3n) is 2.78. The minimum absolute atomic E-state index is 0.0224. The van der Waals surface area contributed by atoms with Crippen LogP contribution in [0.1, 0.15) is 21.5 Å². The Bertz CT molecular complexity index is 624. The molecule has 20 heavy (non-hydrogen) atoms. The quantitative estimate of drug-likeness (QED) is 0.688. The van der Waals surface area contributed by atoms with Crippen LogP contribution in [0.25, 0.3) is 0 Å².